The molecule has 9 heavy (non-hydrogen) atoms. The lowest BCUT2D eigenvalue weighted by atomic mass is 10.0. The second-order valence-corrected chi connectivity index (χ2v) is 3.09. The summed E-state index contributed by atoms with van der Waals surface area (Å²) in [5, 5.41) is 18.1. The molecule has 0 radical (unpaired) electrons. The molecule has 1 rings (SSSR count). The highest BCUT2D eigenvalue weighted by Crippen LogP contribution is 2.22. The SMILES string of the molecule is OC1CCC=C(Br)C1O. The molecule has 1 aliphatic carbocycles. The third-order valence-electron chi connectivity index (χ3n) is 1.45. The van der Waals surface area contributed by atoms with Gasteiger partial charge in [-0.15, -0.1) is 0 Å². The third kappa shape index (κ3) is 1.53. The number of aliphatic hydroxyl groups excluding tert-OH is 2. The average molecular weight is 193 g/mol. The number of halogens is 1. The molecule has 0 aromatic rings. The van der Waals surface area contributed by atoms with Gasteiger partial charge in [-0.25, -0.2) is 0 Å². The van der Waals surface area contributed by atoms with Crippen molar-refractivity contribution < 1.29 is 10.2 Å². The van der Waals surface area contributed by atoms with Gasteiger partial charge in [0.1, 0.15) is 6.10 Å². The molecule has 1 aliphatic rings. The summed E-state index contributed by atoms with van der Waals surface area (Å²) in [6.07, 6.45) is 2.12. The fraction of sp³-hybridized carbons (Fsp3) is 0.667. The molecule has 0 aromatic carbocycles. The Morgan fingerprint density at radius 1 is 1.56 bits per heavy atom. The maximum atomic E-state index is 9.08. The molecule has 0 amide bonds. The van der Waals surface area contributed by atoms with Crippen LogP contribution in [-0.2, 0) is 0 Å². The van der Waals surface area contributed by atoms with Crippen molar-refractivity contribution in [1.29, 1.82) is 0 Å². The lowest BCUT2D eigenvalue weighted by molar-refractivity contribution is 0.0370. The molecule has 2 nitrogen and oxygen atoms in total. The van der Waals surface area contributed by atoms with Crippen LogP contribution in [0, 0.1) is 0 Å². The normalized spacial score (nSPS) is 36.1. The van der Waals surface area contributed by atoms with E-state index in [0.29, 0.717) is 10.9 Å². The molecule has 0 bridgehead atoms. The Kier molecular flexibility index (Phi) is 2.27. The summed E-state index contributed by atoms with van der Waals surface area (Å²) in [5.74, 6) is 0. The Morgan fingerprint density at radius 2 is 2.22 bits per heavy atom. The van der Waals surface area contributed by atoms with E-state index in [2.05, 4.69) is 15.9 Å². The van der Waals surface area contributed by atoms with Crippen molar-refractivity contribution >= 4 is 15.9 Å². The van der Waals surface area contributed by atoms with Crippen LogP contribution in [0.1, 0.15) is 12.8 Å². The van der Waals surface area contributed by atoms with Gasteiger partial charge in [-0.2, -0.15) is 0 Å². The van der Waals surface area contributed by atoms with Gasteiger partial charge in [0.2, 0.25) is 0 Å². The third-order valence-corrected chi connectivity index (χ3v) is 2.24. The first-order valence-corrected chi connectivity index (χ1v) is 3.73. The van der Waals surface area contributed by atoms with Crippen LogP contribution in [0.5, 0.6) is 0 Å². The maximum absolute atomic E-state index is 9.08. The van der Waals surface area contributed by atoms with Crippen molar-refractivity contribution in [2.75, 3.05) is 0 Å². The second-order valence-electron chi connectivity index (χ2n) is 2.18. The predicted molar refractivity (Wildman–Crippen MR) is 38.3 cm³/mol. The van der Waals surface area contributed by atoms with Gasteiger partial charge in [0.05, 0.1) is 6.10 Å². The van der Waals surface area contributed by atoms with E-state index in [1.807, 2.05) is 6.08 Å². The summed E-state index contributed by atoms with van der Waals surface area (Å²) in [6.45, 7) is 0. The van der Waals surface area contributed by atoms with E-state index in [0.717, 1.165) is 6.42 Å². The van der Waals surface area contributed by atoms with E-state index >= 15 is 0 Å². The van der Waals surface area contributed by atoms with Crippen LogP contribution < -0.4 is 0 Å². The molecule has 0 fully saturated rings. The number of hydrogen-bond donors (Lipinski definition) is 2. The van der Waals surface area contributed by atoms with Crippen LogP contribution in [0.15, 0.2) is 10.6 Å². The average Bonchev–Trinajstić information content (AvgIpc) is 1.83. The van der Waals surface area contributed by atoms with Crippen LogP contribution in [-0.4, -0.2) is 22.4 Å². The Balaban J connectivity index is 2.62. The molecule has 0 aromatic heterocycles. The van der Waals surface area contributed by atoms with Crippen LogP contribution in [0.4, 0.5) is 0 Å². The van der Waals surface area contributed by atoms with E-state index in [1.165, 1.54) is 0 Å². The highest BCUT2D eigenvalue weighted by atomic mass is 79.9. The van der Waals surface area contributed by atoms with Gasteiger partial charge in [-0.3, -0.25) is 0 Å². The van der Waals surface area contributed by atoms with Gasteiger partial charge in [0.25, 0.3) is 0 Å². The zero-order chi connectivity index (χ0) is 6.85. The Morgan fingerprint density at radius 3 is 2.67 bits per heavy atom. The van der Waals surface area contributed by atoms with Gasteiger partial charge in [-0.1, -0.05) is 22.0 Å². The van der Waals surface area contributed by atoms with Gasteiger partial charge >= 0.3 is 0 Å². The number of hydrogen-bond acceptors (Lipinski definition) is 2. The van der Waals surface area contributed by atoms with Crippen molar-refractivity contribution in [2.45, 2.75) is 25.0 Å². The zero-order valence-corrected chi connectivity index (χ0v) is 6.50. The molecule has 0 aliphatic heterocycles. The van der Waals surface area contributed by atoms with E-state index in [9.17, 15) is 0 Å². The monoisotopic (exact) mass is 192 g/mol. The van der Waals surface area contributed by atoms with Crippen molar-refractivity contribution in [3.63, 3.8) is 0 Å². The molecule has 2 N–H and O–H groups in total. The first kappa shape index (κ1) is 7.25. The molecular formula is C6H9BrO2. The summed E-state index contributed by atoms with van der Waals surface area (Å²) in [7, 11) is 0. The molecule has 52 valence electrons. The largest absolute Gasteiger partial charge is 0.390 e. The zero-order valence-electron chi connectivity index (χ0n) is 4.92. The molecule has 3 heteroatoms. The Hall–Kier alpha value is 0.140. The Bertz CT molecular complexity index is 133. The summed E-state index contributed by atoms with van der Waals surface area (Å²) in [5.41, 5.74) is 0. The van der Waals surface area contributed by atoms with Crippen LogP contribution >= 0.6 is 15.9 Å². The molecule has 2 atom stereocenters. The number of aliphatic hydroxyl groups is 2. The predicted octanol–water partition coefficient (Wildman–Crippen LogP) is 0.781. The van der Waals surface area contributed by atoms with E-state index in [1.54, 1.807) is 0 Å². The minimum Gasteiger partial charge on any atom is -0.390 e. The fourth-order valence-corrected chi connectivity index (χ4v) is 1.39. The standard InChI is InChI=1S/C6H9BrO2/c7-4-2-1-3-5(8)6(4)9/h2,5-6,8-9H,1,3H2. The van der Waals surface area contributed by atoms with Crippen molar-refractivity contribution in [1.82, 2.24) is 0 Å². The van der Waals surface area contributed by atoms with Gasteiger partial charge in [0.15, 0.2) is 0 Å². The first-order chi connectivity index (χ1) is 4.22. The van der Waals surface area contributed by atoms with Crippen LogP contribution in [0.3, 0.4) is 0 Å². The Labute approximate surface area is 62.3 Å². The number of allylic oxidation sites excluding steroid dienone is 1. The molecule has 2 unspecified atom stereocenters. The lowest BCUT2D eigenvalue weighted by Crippen LogP contribution is -2.28. The molecule has 0 spiro atoms. The summed E-state index contributed by atoms with van der Waals surface area (Å²) < 4.78 is 0.709. The smallest absolute Gasteiger partial charge is 0.111 e. The summed E-state index contributed by atoms with van der Waals surface area (Å²) in [6, 6.07) is 0. The van der Waals surface area contributed by atoms with E-state index < -0.39 is 12.2 Å². The van der Waals surface area contributed by atoms with Crippen molar-refractivity contribution in [3.8, 4) is 0 Å². The maximum Gasteiger partial charge on any atom is 0.111 e. The fourth-order valence-electron chi connectivity index (χ4n) is 0.854. The molecular weight excluding hydrogens is 184 g/mol. The lowest BCUT2D eigenvalue weighted by Gasteiger charge is -2.20. The van der Waals surface area contributed by atoms with Gasteiger partial charge < -0.3 is 10.2 Å². The molecule has 0 saturated heterocycles. The highest BCUT2D eigenvalue weighted by molar-refractivity contribution is 9.11. The first-order valence-electron chi connectivity index (χ1n) is 2.93. The van der Waals surface area contributed by atoms with Crippen molar-refractivity contribution in [2.24, 2.45) is 0 Å². The molecule has 0 heterocycles. The van der Waals surface area contributed by atoms with E-state index in [-0.39, 0.29) is 0 Å². The quantitative estimate of drug-likeness (QED) is 0.596. The van der Waals surface area contributed by atoms with Crippen LogP contribution in [0.2, 0.25) is 0 Å². The van der Waals surface area contributed by atoms with Gasteiger partial charge in [0, 0.05) is 4.48 Å². The topological polar surface area (TPSA) is 40.5 Å². The van der Waals surface area contributed by atoms with Gasteiger partial charge in [-0.05, 0) is 12.8 Å². The van der Waals surface area contributed by atoms with Crippen molar-refractivity contribution in [3.05, 3.63) is 10.6 Å². The summed E-state index contributed by atoms with van der Waals surface area (Å²) in [4.78, 5) is 0. The summed E-state index contributed by atoms with van der Waals surface area (Å²) >= 11 is 3.15. The highest BCUT2D eigenvalue weighted by Gasteiger charge is 2.21. The minimum absolute atomic E-state index is 0.579. The molecule has 0 saturated carbocycles. The van der Waals surface area contributed by atoms with E-state index in [4.69, 9.17) is 10.2 Å². The second kappa shape index (κ2) is 2.82. The minimum atomic E-state index is -0.696. The van der Waals surface area contributed by atoms with Crippen LogP contribution in [0.25, 0.3) is 0 Å². The number of rotatable bonds is 0.